The lowest BCUT2D eigenvalue weighted by molar-refractivity contribution is -0.121. The van der Waals surface area contributed by atoms with Crippen LogP contribution in [0.15, 0.2) is 53.4 Å². The summed E-state index contributed by atoms with van der Waals surface area (Å²) in [6, 6.07) is 13.6. The van der Waals surface area contributed by atoms with E-state index in [2.05, 4.69) is 19.2 Å². The average Bonchev–Trinajstić information content (AvgIpc) is 2.86. The van der Waals surface area contributed by atoms with Gasteiger partial charge in [-0.15, -0.1) is 0 Å². The fourth-order valence-electron chi connectivity index (χ4n) is 3.01. The maximum absolute atomic E-state index is 12.4. The predicted octanol–water partition coefficient (Wildman–Crippen LogP) is 2.15. The Hall–Kier alpha value is -2.87. The van der Waals surface area contributed by atoms with Crippen LogP contribution in [0, 0.1) is 0 Å². The van der Waals surface area contributed by atoms with Crippen molar-refractivity contribution >= 4 is 21.8 Å². The molecule has 3 rings (SSSR count). The van der Waals surface area contributed by atoms with Gasteiger partial charge < -0.3 is 10.1 Å². The Kier molecular flexibility index (Phi) is 5.69. The van der Waals surface area contributed by atoms with Crippen LogP contribution in [0.2, 0.25) is 0 Å². The molecule has 1 N–H and O–H groups in total. The van der Waals surface area contributed by atoms with Gasteiger partial charge >= 0.3 is 0 Å². The number of carbonyl (C=O) groups is 2. The Labute approximate surface area is 164 Å². The topological polar surface area (TPSA) is 92.8 Å². The molecule has 0 radical (unpaired) electrons. The summed E-state index contributed by atoms with van der Waals surface area (Å²) in [6.07, 6.45) is 0. The number of hydrogen-bond acceptors (Lipinski definition) is 5. The van der Waals surface area contributed by atoms with E-state index in [1.54, 1.807) is 12.1 Å². The second-order valence-electron chi connectivity index (χ2n) is 6.70. The third kappa shape index (κ3) is 3.87. The van der Waals surface area contributed by atoms with Gasteiger partial charge in [-0.1, -0.05) is 44.2 Å². The number of ether oxygens (including phenoxy) is 1. The summed E-state index contributed by atoms with van der Waals surface area (Å²) in [6.45, 7) is 4.00. The summed E-state index contributed by atoms with van der Waals surface area (Å²) in [5.74, 6) is -0.198. The Morgan fingerprint density at radius 1 is 1.11 bits per heavy atom. The fourth-order valence-corrected chi connectivity index (χ4v) is 4.54. The molecule has 0 fully saturated rings. The molecule has 148 valence electrons. The number of benzene rings is 2. The summed E-state index contributed by atoms with van der Waals surface area (Å²) in [4.78, 5) is 24.4. The zero-order valence-corrected chi connectivity index (χ0v) is 16.5. The molecule has 8 heteroatoms. The van der Waals surface area contributed by atoms with Crippen molar-refractivity contribution in [3.63, 3.8) is 0 Å². The van der Waals surface area contributed by atoms with Crippen LogP contribution in [0.5, 0.6) is 5.75 Å². The molecule has 0 unspecified atom stereocenters. The third-order valence-corrected chi connectivity index (χ3v) is 6.21. The molecule has 1 aliphatic rings. The molecule has 0 saturated heterocycles. The molecule has 0 bridgehead atoms. The maximum Gasteiger partial charge on any atom is 0.269 e. The van der Waals surface area contributed by atoms with Gasteiger partial charge in [0.25, 0.3) is 15.9 Å². The normalized spacial score (nSPS) is 14.8. The maximum atomic E-state index is 12.4. The van der Waals surface area contributed by atoms with Gasteiger partial charge in [0.05, 0.1) is 12.1 Å². The van der Waals surface area contributed by atoms with Crippen molar-refractivity contribution in [2.75, 3.05) is 19.7 Å². The van der Waals surface area contributed by atoms with Crippen molar-refractivity contribution in [1.82, 2.24) is 9.62 Å². The van der Waals surface area contributed by atoms with Crippen molar-refractivity contribution in [3.8, 4) is 5.75 Å². The van der Waals surface area contributed by atoms with Crippen LogP contribution >= 0.6 is 0 Å². The van der Waals surface area contributed by atoms with E-state index in [1.807, 2.05) is 24.3 Å². The number of hydrogen-bond donors (Lipinski definition) is 1. The van der Waals surface area contributed by atoms with E-state index < -0.39 is 28.4 Å². The Balaban J connectivity index is 1.54. The fraction of sp³-hybridized carbons (Fsp3) is 0.300. The molecular weight excluding hydrogens is 380 g/mol. The molecule has 7 nitrogen and oxygen atoms in total. The highest BCUT2D eigenvalue weighted by atomic mass is 32.2. The van der Waals surface area contributed by atoms with Crippen LogP contribution in [0.4, 0.5) is 0 Å². The van der Waals surface area contributed by atoms with Crippen LogP contribution in [0.25, 0.3) is 0 Å². The lowest BCUT2D eigenvalue weighted by Crippen LogP contribution is -2.41. The minimum atomic E-state index is -3.99. The molecule has 1 aliphatic heterocycles. The smallest absolute Gasteiger partial charge is 0.269 e. The van der Waals surface area contributed by atoms with E-state index in [0.29, 0.717) is 10.2 Å². The van der Waals surface area contributed by atoms with Crippen LogP contribution in [-0.4, -0.2) is 44.2 Å². The quantitative estimate of drug-likeness (QED) is 0.717. The standard InChI is InChI=1S/C20H22N2O5S/c1-14(2)15-7-3-5-9-17(15)27-12-11-21-19(23)13-22-20(24)16-8-4-6-10-18(16)28(22,25)26/h3-10,14H,11-13H2,1-2H3,(H,21,23). The Morgan fingerprint density at radius 2 is 1.79 bits per heavy atom. The summed E-state index contributed by atoms with van der Waals surface area (Å²) in [7, 11) is -3.99. The molecule has 0 saturated carbocycles. The van der Waals surface area contributed by atoms with Crippen LogP contribution in [0.3, 0.4) is 0 Å². The molecule has 0 aliphatic carbocycles. The highest BCUT2D eigenvalue weighted by Crippen LogP contribution is 2.29. The Morgan fingerprint density at radius 3 is 2.50 bits per heavy atom. The van der Waals surface area contributed by atoms with Crippen molar-refractivity contribution in [2.24, 2.45) is 0 Å². The average molecular weight is 402 g/mol. The van der Waals surface area contributed by atoms with Gasteiger partial charge in [-0.2, -0.15) is 0 Å². The molecule has 1 heterocycles. The van der Waals surface area contributed by atoms with Crippen molar-refractivity contribution in [3.05, 3.63) is 59.7 Å². The number of nitrogens with zero attached hydrogens (tertiary/aromatic N) is 1. The monoisotopic (exact) mass is 402 g/mol. The first-order valence-electron chi connectivity index (χ1n) is 8.97. The SMILES string of the molecule is CC(C)c1ccccc1OCCNC(=O)CN1C(=O)c2ccccc2S1(=O)=O. The highest BCUT2D eigenvalue weighted by Gasteiger charge is 2.41. The number of rotatable bonds is 7. The van der Waals surface area contributed by atoms with Gasteiger partial charge in [0.2, 0.25) is 5.91 Å². The highest BCUT2D eigenvalue weighted by molar-refractivity contribution is 7.90. The number of para-hydroxylation sites is 1. The molecule has 0 atom stereocenters. The van der Waals surface area contributed by atoms with E-state index in [4.69, 9.17) is 4.74 Å². The summed E-state index contributed by atoms with van der Waals surface area (Å²) in [5.41, 5.74) is 1.16. The first-order valence-corrected chi connectivity index (χ1v) is 10.4. The lowest BCUT2D eigenvalue weighted by atomic mass is 10.0. The molecule has 2 aromatic rings. The van der Waals surface area contributed by atoms with Gasteiger partial charge in [0, 0.05) is 0 Å². The van der Waals surface area contributed by atoms with Crippen LogP contribution < -0.4 is 10.1 Å². The van der Waals surface area contributed by atoms with Gasteiger partial charge in [0.15, 0.2) is 0 Å². The lowest BCUT2D eigenvalue weighted by Gasteiger charge is -2.16. The van der Waals surface area contributed by atoms with E-state index in [1.165, 1.54) is 12.1 Å². The molecule has 2 amide bonds. The minimum Gasteiger partial charge on any atom is -0.491 e. The van der Waals surface area contributed by atoms with Crippen molar-refractivity contribution in [2.45, 2.75) is 24.7 Å². The third-order valence-electron chi connectivity index (χ3n) is 4.42. The van der Waals surface area contributed by atoms with E-state index in [9.17, 15) is 18.0 Å². The number of nitrogens with one attached hydrogen (secondary N) is 1. The molecule has 28 heavy (non-hydrogen) atoms. The second-order valence-corrected chi connectivity index (χ2v) is 8.53. The van der Waals surface area contributed by atoms with Crippen molar-refractivity contribution < 1.29 is 22.7 Å². The summed E-state index contributed by atoms with van der Waals surface area (Å²) < 4.78 is 31.2. The largest absolute Gasteiger partial charge is 0.491 e. The number of carbonyl (C=O) groups excluding carboxylic acids is 2. The van der Waals surface area contributed by atoms with E-state index >= 15 is 0 Å². The van der Waals surface area contributed by atoms with Crippen LogP contribution in [0.1, 0.15) is 35.7 Å². The molecule has 2 aromatic carbocycles. The summed E-state index contributed by atoms with van der Waals surface area (Å²) >= 11 is 0. The number of fused-ring (bicyclic) bond motifs is 1. The molecular formula is C20H22N2O5S. The van der Waals surface area contributed by atoms with E-state index in [0.717, 1.165) is 11.3 Å². The first kappa shape index (κ1) is 19.9. The first-order chi connectivity index (χ1) is 13.3. The second kappa shape index (κ2) is 8.02. The molecule has 0 spiro atoms. The van der Waals surface area contributed by atoms with Gasteiger partial charge in [-0.3, -0.25) is 9.59 Å². The zero-order chi connectivity index (χ0) is 20.3. The Bertz CT molecular complexity index is 1000. The van der Waals surface area contributed by atoms with Crippen LogP contribution in [-0.2, 0) is 14.8 Å². The van der Waals surface area contributed by atoms with Crippen molar-refractivity contribution in [1.29, 1.82) is 0 Å². The van der Waals surface area contributed by atoms with E-state index in [-0.39, 0.29) is 23.6 Å². The minimum absolute atomic E-state index is 0.0681. The zero-order valence-electron chi connectivity index (χ0n) is 15.7. The van der Waals surface area contributed by atoms with Gasteiger partial charge in [-0.25, -0.2) is 12.7 Å². The summed E-state index contributed by atoms with van der Waals surface area (Å²) in [5, 5.41) is 2.59. The predicted molar refractivity (Wildman–Crippen MR) is 104 cm³/mol. The molecule has 0 aromatic heterocycles. The van der Waals surface area contributed by atoms with Gasteiger partial charge in [-0.05, 0) is 29.7 Å². The number of amides is 2. The number of sulfonamides is 1. The van der Waals surface area contributed by atoms with Gasteiger partial charge in [0.1, 0.15) is 23.8 Å².